The minimum absolute atomic E-state index is 0. The summed E-state index contributed by atoms with van der Waals surface area (Å²) in [6.07, 6.45) is 0. The number of rotatable bonds is 5. The summed E-state index contributed by atoms with van der Waals surface area (Å²) in [5.41, 5.74) is 7.34. The van der Waals surface area contributed by atoms with Crippen LogP contribution in [0.25, 0.3) is 0 Å². The van der Waals surface area contributed by atoms with Gasteiger partial charge in [0.25, 0.3) is 5.91 Å². The quantitative estimate of drug-likeness (QED) is 0.675. The van der Waals surface area contributed by atoms with Gasteiger partial charge < -0.3 is 25.4 Å². The van der Waals surface area contributed by atoms with Crippen molar-refractivity contribution in [3.63, 3.8) is 0 Å². The van der Waals surface area contributed by atoms with Gasteiger partial charge in [-0.15, -0.1) is 36.2 Å². The Bertz CT molecular complexity index is 812. The maximum atomic E-state index is 12.4. The van der Waals surface area contributed by atoms with Crippen molar-refractivity contribution >= 4 is 59.4 Å². The third-order valence-corrected chi connectivity index (χ3v) is 4.86. The highest BCUT2D eigenvalue weighted by atomic mass is 35.5. The van der Waals surface area contributed by atoms with Crippen LogP contribution in [0.5, 0.6) is 0 Å². The predicted molar refractivity (Wildman–Crippen MR) is 113 cm³/mol. The van der Waals surface area contributed by atoms with Gasteiger partial charge in [0, 0.05) is 30.7 Å². The molecule has 0 bridgehead atoms. The SMILES string of the molecule is COC(=O)c1cc(N2CCOCC2)ccc1NC(=O)c1csc(CN)n1.Cl.Cl. The van der Waals surface area contributed by atoms with E-state index in [2.05, 4.69) is 15.2 Å². The van der Waals surface area contributed by atoms with E-state index in [0.717, 1.165) is 18.8 Å². The molecule has 0 unspecified atom stereocenters. The largest absolute Gasteiger partial charge is 0.465 e. The molecule has 0 spiro atoms. The van der Waals surface area contributed by atoms with Gasteiger partial charge in [-0.1, -0.05) is 0 Å². The second-order valence-electron chi connectivity index (χ2n) is 5.61. The van der Waals surface area contributed by atoms with Gasteiger partial charge in [-0.2, -0.15) is 0 Å². The molecule has 1 aromatic heterocycles. The number of nitrogens with zero attached hydrogens (tertiary/aromatic N) is 2. The van der Waals surface area contributed by atoms with Crippen LogP contribution in [-0.4, -0.2) is 50.3 Å². The molecule has 0 saturated carbocycles. The average Bonchev–Trinajstić information content (AvgIpc) is 3.18. The van der Waals surface area contributed by atoms with Gasteiger partial charge in [-0.25, -0.2) is 9.78 Å². The number of esters is 1. The Labute approximate surface area is 179 Å². The number of anilines is 2. The predicted octanol–water partition coefficient (Wildman–Crippen LogP) is 2.32. The first-order valence-electron chi connectivity index (χ1n) is 8.13. The van der Waals surface area contributed by atoms with E-state index in [-0.39, 0.29) is 37.1 Å². The van der Waals surface area contributed by atoms with Gasteiger partial charge >= 0.3 is 5.97 Å². The van der Waals surface area contributed by atoms with Crippen molar-refractivity contribution in [2.45, 2.75) is 6.54 Å². The molecule has 154 valence electrons. The molecular formula is C17H22Cl2N4O4S. The van der Waals surface area contributed by atoms with Gasteiger partial charge in [0.1, 0.15) is 10.7 Å². The topological polar surface area (TPSA) is 107 Å². The highest BCUT2D eigenvalue weighted by Gasteiger charge is 2.19. The summed E-state index contributed by atoms with van der Waals surface area (Å²) in [4.78, 5) is 30.9. The van der Waals surface area contributed by atoms with Gasteiger partial charge in [0.05, 0.1) is 31.6 Å². The number of aromatic nitrogens is 1. The standard InChI is InChI=1S/C17H20N4O4S.2ClH/c1-24-17(23)12-8-11(21-4-6-25-7-5-21)2-3-13(12)20-16(22)14-10-26-15(9-18)19-14;;/h2-3,8,10H,4-7,9,18H2,1H3,(H,20,22);2*1H. The lowest BCUT2D eigenvalue weighted by Crippen LogP contribution is -2.36. The van der Waals surface area contributed by atoms with E-state index in [1.54, 1.807) is 17.5 Å². The number of hydrogen-bond donors (Lipinski definition) is 2. The summed E-state index contributed by atoms with van der Waals surface area (Å²) in [5.74, 6) is -0.915. The lowest BCUT2D eigenvalue weighted by molar-refractivity contribution is 0.0602. The van der Waals surface area contributed by atoms with Crippen LogP contribution in [0.2, 0.25) is 0 Å². The summed E-state index contributed by atoms with van der Waals surface area (Å²) in [6, 6.07) is 5.28. The first-order valence-corrected chi connectivity index (χ1v) is 9.01. The third kappa shape index (κ3) is 5.55. The highest BCUT2D eigenvalue weighted by Crippen LogP contribution is 2.25. The van der Waals surface area contributed by atoms with Crippen molar-refractivity contribution in [2.75, 3.05) is 43.6 Å². The molecule has 0 atom stereocenters. The maximum Gasteiger partial charge on any atom is 0.340 e. The first-order chi connectivity index (χ1) is 12.6. The molecule has 3 rings (SSSR count). The van der Waals surface area contributed by atoms with Crippen LogP contribution in [-0.2, 0) is 16.0 Å². The molecule has 2 heterocycles. The highest BCUT2D eigenvalue weighted by molar-refractivity contribution is 7.09. The Balaban J connectivity index is 0.00000196. The zero-order chi connectivity index (χ0) is 18.5. The Morgan fingerprint density at radius 1 is 1.32 bits per heavy atom. The van der Waals surface area contributed by atoms with Gasteiger partial charge in [0.2, 0.25) is 0 Å². The van der Waals surface area contributed by atoms with E-state index in [4.69, 9.17) is 15.2 Å². The summed E-state index contributed by atoms with van der Waals surface area (Å²) in [5, 5.41) is 5.04. The van der Waals surface area contributed by atoms with Gasteiger partial charge in [-0.3, -0.25) is 4.79 Å². The Hall–Kier alpha value is -1.91. The zero-order valence-corrected chi connectivity index (χ0v) is 17.6. The number of halogens is 2. The lowest BCUT2D eigenvalue weighted by Gasteiger charge is -2.29. The molecule has 0 radical (unpaired) electrons. The van der Waals surface area contributed by atoms with Crippen molar-refractivity contribution < 1.29 is 19.1 Å². The third-order valence-electron chi connectivity index (χ3n) is 3.99. The van der Waals surface area contributed by atoms with Crippen LogP contribution in [0, 0.1) is 0 Å². The van der Waals surface area contributed by atoms with E-state index in [1.807, 2.05) is 6.07 Å². The molecule has 0 aliphatic carbocycles. The van der Waals surface area contributed by atoms with Crippen LogP contribution < -0.4 is 16.0 Å². The van der Waals surface area contributed by atoms with Crippen LogP contribution in [0.1, 0.15) is 25.9 Å². The van der Waals surface area contributed by atoms with Crippen LogP contribution >= 0.6 is 36.2 Å². The molecule has 2 aromatic rings. The van der Waals surface area contributed by atoms with Gasteiger partial charge in [0.15, 0.2) is 0 Å². The number of carbonyl (C=O) groups excluding carboxylic acids is 2. The number of benzene rings is 1. The summed E-state index contributed by atoms with van der Waals surface area (Å²) < 4.78 is 10.2. The van der Waals surface area contributed by atoms with Crippen molar-refractivity contribution in [3.8, 4) is 0 Å². The molecule has 1 saturated heterocycles. The number of morpholine rings is 1. The number of nitrogens with two attached hydrogens (primary N) is 1. The van der Waals surface area contributed by atoms with E-state index in [9.17, 15) is 9.59 Å². The molecule has 3 N–H and O–H groups in total. The number of carbonyl (C=O) groups is 2. The monoisotopic (exact) mass is 448 g/mol. The second kappa shape index (κ2) is 11.2. The summed E-state index contributed by atoms with van der Waals surface area (Å²) in [6.45, 7) is 3.04. The van der Waals surface area contributed by atoms with E-state index in [0.29, 0.717) is 29.5 Å². The molecule has 1 aromatic carbocycles. The number of methoxy groups -OCH3 is 1. The van der Waals surface area contributed by atoms with Crippen LogP contribution in [0.15, 0.2) is 23.6 Å². The number of ether oxygens (including phenoxy) is 2. The normalized spacial score (nSPS) is 13.1. The lowest BCUT2D eigenvalue weighted by atomic mass is 10.1. The second-order valence-corrected chi connectivity index (χ2v) is 6.55. The van der Waals surface area contributed by atoms with E-state index >= 15 is 0 Å². The smallest absolute Gasteiger partial charge is 0.340 e. The number of thiazole rings is 1. The summed E-state index contributed by atoms with van der Waals surface area (Å²) >= 11 is 1.32. The van der Waals surface area contributed by atoms with Gasteiger partial charge in [-0.05, 0) is 18.2 Å². The van der Waals surface area contributed by atoms with E-state index in [1.165, 1.54) is 18.4 Å². The summed E-state index contributed by atoms with van der Waals surface area (Å²) in [7, 11) is 1.31. The fourth-order valence-electron chi connectivity index (χ4n) is 2.63. The molecule has 28 heavy (non-hydrogen) atoms. The number of amides is 1. The Morgan fingerprint density at radius 2 is 2.04 bits per heavy atom. The molecule has 1 aliphatic heterocycles. The Kier molecular flexibility index (Phi) is 9.63. The number of hydrogen-bond acceptors (Lipinski definition) is 8. The van der Waals surface area contributed by atoms with Crippen LogP contribution in [0.3, 0.4) is 0 Å². The molecule has 1 aliphatic rings. The minimum Gasteiger partial charge on any atom is -0.465 e. The average molecular weight is 449 g/mol. The molecular weight excluding hydrogens is 427 g/mol. The number of nitrogens with one attached hydrogen (secondary N) is 1. The fraction of sp³-hybridized carbons (Fsp3) is 0.353. The maximum absolute atomic E-state index is 12.4. The van der Waals surface area contributed by atoms with Crippen molar-refractivity contribution in [2.24, 2.45) is 5.73 Å². The zero-order valence-electron chi connectivity index (χ0n) is 15.2. The van der Waals surface area contributed by atoms with E-state index < -0.39 is 11.9 Å². The molecule has 11 heteroatoms. The molecule has 1 amide bonds. The van der Waals surface area contributed by atoms with Crippen LogP contribution in [0.4, 0.5) is 11.4 Å². The van der Waals surface area contributed by atoms with Crippen molar-refractivity contribution in [1.82, 2.24) is 4.98 Å². The fourth-order valence-corrected chi connectivity index (χ4v) is 3.29. The Morgan fingerprint density at radius 3 is 2.64 bits per heavy atom. The van der Waals surface area contributed by atoms with Crippen molar-refractivity contribution in [3.05, 3.63) is 39.8 Å². The van der Waals surface area contributed by atoms with Crippen molar-refractivity contribution in [1.29, 1.82) is 0 Å². The molecule has 1 fully saturated rings. The minimum atomic E-state index is -0.517. The molecule has 8 nitrogen and oxygen atoms in total. The first kappa shape index (κ1) is 24.1.